The molecule has 3 atom stereocenters. The lowest BCUT2D eigenvalue weighted by Gasteiger charge is -2.34. The number of ether oxygens (including phenoxy) is 2. The van der Waals surface area contributed by atoms with Gasteiger partial charge in [0, 0.05) is 19.6 Å². The van der Waals surface area contributed by atoms with Gasteiger partial charge in [-0.05, 0) is 12.8 Å². The number of amides is 1. The molecule has 1 saturated carbocycles. The van der Waals surface area contributed by atoms with Crippen molar-refractivity contribution in [3.05, 3.63) is 0 Å². The third-order valence-corrected chi connectivity index (χ3v) is 4.25. The molecule has 6 heteroatoms. The van der Waals surface area contributed by atoms with Gasteiger partial charge in [0.1, 0.15) is 6.10 Å². The number of carbonyl (C=O) groups excluding carboxylic acids is 1. The zero-order valence-corrected chi connectivity index (χ0v) is 11.4. The summed E-state index contributed by atoms with van der Waals surface area (Å²) >= 11 is 0. The lowest BCUT2D eigenvalue weighted by Crippen LogP contribution is -2.55. The number of methoxy groups -OCH3 is 1. The van der Waals surface area contributed by atoms with Gasteiger partial charge in [-0.1, -0.05) is 12.8 Å². The van der Waals surface area contributed by atoms with E-state index in [-0.39, 0.29) is 17.9 Å². The van der Waals surface area contributed by atoms with Gasteiger partial charge >= 0.3 is 0 Å². The van der Waals surface area contributed by atoms with Crippen molar-refractivity contribution in [1.29, 1.82) is 0 Å². The number of nitrogens with one attached hydrogen (secondary N) is 1. The molecule has 0 radical (unpaired) electrons. The lowest BCUT2D eigenvalue weighted by atomic mass is 9.94. The molecule has 4 N–H and O–H groups in total. The quantitative estimate of drug-likeness (QED) is 0.635. The Morgan fingerprint density at radius 3 is 2.79 bits per heavy atom. The fourth-order valence-electron chi connectivity index (χ4n) is 2.86. The van der Waals surface area contributed by atoms with Crippen molar-refractivity contribution in [1.82, 2.24) is 5.32 Å². The van der Waals surface area contributed by atoms with E-state index in [1.54, 1.807) is 7.11 Å². The lowest BCUT2D eigenvalue weighted by molar-refractivity contribution is -0.137. The Morgan fingerprint density at radius 2 is 2.16 bits per heavy atom. The van der Waals surface area contributed by atoms with Crippen molar-refractivity contribution >= 4 is 5.91 Å². The first kappa shape index (κ1) is 14.7. The highest BCUT2D eigenvalue weighted by molar-refractivity contribution is 5.86. The molecule has 0 aromatic rings. The smallest absolute Gasteiger partial charge is 0.240 e. The molecule has 2 aliphatic rings. The molecule has 1 aliphatic carbocycles. The van der Waals surface area contributed by atoms with Crippen LogP contribution >= 0.6 is 0 Å². The van der Waals surface area contributed by atoms with Gasteiger partial charge in [0.15, 0.2) is 0 Å². The number of hydrogen-bond donors (Lipinski definition) is 3. The van der Waals surface area contributed by atoms with Crippen LogP contribution in [0.3, 0.4) is 0 Å². The highest BCUT2D eigenvalue weighted by Crippen LogP contribution is 2.27. The molecule has 1 aliphatic heterocycles. The molecule has 0 aromatic heterocycles. The number of hydrogen-bond acceptors (Lipinski definition) is 5. The van der Waals surface area contributed by atoms with E-state index in [1.807, 2.05) is 0 Å². The average Bonchev–Trinajstić information content (AvgIpc) is 2.85. The summed E-state index contributed by atoms with van der Waals surface area (Å²) in [7, 11) is 1.55. The predicted molar refractivity (Wildman–Crippen MR) is 69.5 cm³/mol. The fraction of sp³-hybridized carbons (Fsp3) is 0.923. The standard InChI is InChI=1S/C13H24N2O4/c1-18-10-8-19-7-9(11(10)16)6-15-12(17)13(14)4-2-3-5-13/h9-11,16H,2-8,14H2,1H3,(H,15,17)/t9-,10-,11+/m1/s1. The molecule has 6 nitrogen and oxygen atoms in total. The van der Waals surface area contributed by atoms with E-state index in [0.717, 1.165) is 25.7 Å². The van der Waals surface area contributed by atoms with Crippen LogP contribution < -0.4 is 11.1 Å². The Balaban J connectivity index is 1.83. The van der Waals surface area contributed by atoms with Crippen LogP contribution in [0.1, 0.15) is 25.7 Å². The number of carbonyl (C=O) groups is 1. The Bertz CT molecular complexity index is 318. The van der Waals surface area contributed by atoms with Crippen molar-refractivity contribution in [2.75, 3.05) is 26.9 Å². The summed E-state index contributed by atoms with van der Waals surface area (Å²) in [6, 6.07) is 0. The number of aliphatic hydroxyl groups excluding tert-OH is 1. The maximum Gasteiger partial charge on any atom is 0.240 e. The van der Waals surface area contributed by atoms with E-state index in [9.17, 15) is 9.90 Å². The highest BCUT2D eigenvalue weighted by Gasteiger charge is 2.38. The minimum Gasteiger partial charge on any atom is -0.390 e. The minimum absolute atomic E-state index is 0.114. The van der Waals surface area contributed by atoms with Crippen LogP contribution in [0, 0.1) is 5.92 Å². The molecule has 0 unspecified atom stereocenters. The Hall–Kier alpha value is -0.690. The molecule has 19 heavy (non-hydrogen) atoms. The highest BCUT2D eigenvalue weighted by atomic mass is 16.5. The summed E-state index contributed by atoms with van der Waals surface area (Å²) in [6.45, 7) is 1.20. The summed E-state index contributed by atoms with van der Waals surface area (Å²) in [4.78, 5) is 12.1. The molecule has 2 fully saturated rings. The summed E-state index contributed by atoms with van der Waals surface area (Å²) < 4.78 is 10.5. The molecule has 0 spiro atoms. The van der Waals surface area contributed by atoms with Crippen LogP contribution in [0.4, 0.5) is 0 Å². The van der Waals surface area contributed by atoms with Gasteiger partial charge in [-0.3, -0.25) is 4.79 Å². The van der Waals surface area contributed by atoms with Gasteiger partial charge in [0.2, 0.25) is 5.91 Å². The van der Waals surface area contributed by atoms with Crippen LogP contribution in [0.2, 0.25) is 0 Å². The second-order valence-corrected chi connectivity index (χ2v) is 5.64. The van der Waals surface area contributed by atoms with Crippen molar-refractivity contribution in [2.45, 2.75) is 43.4 Å². The Labute approximate surface area is 113 Å². The molecule has 1 heterocycles. The van der Waals surface area contributed by atoms with Crippen molar-refractivity contribution in [3.63, 3.8) is 0 Å². The average molecular weight is 272 g/mol. The molecule has 1 amide bonds. The molecule has 110 valence electrons. The van der Waals surface area contributed by atoms with Gasteiger partial charge in [-0.15, -0.1) is 0 Å². The van der Waals surface area contributed by atoms with E-state index in [2.05, 4.69) is 5.32 Å². The number of aliphatic hydroxyl groups is 1. The zero-order chi connectivity index (χ0) is 13.9. The molecule has 0 aromatic carbocycles. The fourth-order valence-corrected chi connectivity index (χ4v) is 2.86. The zero-order valence-electron chi connectivity index (χ0n) is 11.4. The predicted octanol–water partition coefficient (Wildman–Crippen LogP) is -0.604. The van der Waals surface area contributed by atoms with Gasteiger partial charge in [-0.2, -0.15) is 0 Å². The maximum atomic E-state index is 12.1. The van der Waals surface area contributed by atoms with Gasteiger partial charge in [0.25, 0.3) is 0 Å². The minimum atomic E-state index is -0.721. The maximum absolute atomic E-state index is 12.1. The number of nitrogens with two attached hydrogens (primary N) is 1. The SMILES string of the molecule is CO[C@@H]1COC[C@@H](CNC(=O)C2(N)CCCC2)[C@@H]1O. The second-order valence-electron chi connectivity index (χ2n) is 5.64. The molecule has 0 bridgehead atoms. The van der Waals surface area contributed by atoms with E-state index in [4.69, 9.17) is 15.2 Å². The van der Waals surface area contributed by atoms with Gasteiger partial charge < -0.3 is 25.6 Å². The second kappa shape index (κ2) is 6.17. The first-order chi connectivity index (χ1) is 9.07. The summed E-state index contributed by atoms with van der Waals surface area (Å²) in [6.07, 6.45) is 2.55. The van der Waals surface area contributed by atoms with Gasteiger partial charge in [-0.25, -0.2) is 0 Å². The normalized spacial score (nSPS) is 34.2. The van der Waals surface area contributed by atoms with Crippen molar-refractivity contribution in [2.24, 2.45) is 11.7 Å². The van der Waals surface area contributed by atoms with Crippen LogP contribution in [0.15, 0.2) is 0 Å². The summed E-state index contributed by atoms with van der Waals surface area (Å²) in [5.74, 6) is -0.260. The van der Waals surface area contributed by atoms with Crippen LogP contribution in [0.5, 0.6) is 0 Å². The van der Waals surface area contributed by atoms with Crippen molar-refractivity contribution < 1.29 is 19.4 Å². The first-order valence-electron chi connectivity index (χ1n) is 6.92. The molecule has 1 saturated heterocycles. The van der Waals surface area contributed by atoms with Crippen molar-refractivity contribution in [3.8, 4) is 0 Å². The molecular formula is C13H24N2O4. The third kappa shape index (κ3) is 3.25. The number of rotatable bonds is 4. The van der Waals surface area contributed by atoms with Crippen LogP contribution in [0.25, 0.3) is 0 Å². The summed E-state index contributed by atoms with van der Waals surface area (Å²) in [5, 5.41) is 12.9. The topological polar surface area (TPSA) is 93.8 Å². The van der Waals surface area contributed by atoms with Gasteiger partial charge in [0.05, 0.1) is 24.9 Å². The van der Waals surface area contributed by atoms with Crippen LogP contribution in [-0.4, -0.2) is 55.6 Å². The van der Waals surface area contributed by atoms with E-state index in [1.165, 1.54) is 0 Å². The monoisotopic (exact) mass is 272 g/mol. The van der Waals surface area contributed by atoms with E-state index >= 15 is 0 Å². The Morgan fingerprint density at radius 1 is 1.47 bits per heavy atom. The summed E-state index contributed by atoms with van der Waals surface area (Å²) in [5.41, 5.74) is 5.35. The van der Waals surface area contributed by atoms with E-state index < -0.39 is 11.6 Å². The Kier molecular flexibility index (Phi) is 4.78. The van der Waals surface area contributed by atoms with Crippen LogP contribution in [-0.2, 0) is 14.3 Å². The molecular weight excluding hydrogens is 248 g/mol. The van der Waals surface area contributed by atoms with E-state index in [0.29, 0.717) is 19.8 Å². The third-order valence-electron chi connectivity index (χ3n) is 4.25. The first-order valence-corrected chi connectivity index (χ1v) is 6.92. The largest absolute Gasteiger partial charge is 0.390 e. The molecule has 2 rings (SSSR count).